The molecule has 0 spiro atoms. The summed E-state index contributed by atoms with van der Waals surface area (Å²) < 4.78 is 12.2. The van der Waals surface area contributed by atoms with Crippen molar-refractivity contribution < 1.29 is 4.74 Å². The van der Waals surface area contributed by atoms with Crippen LogP contribution < -0.4 is 10.1 Å². The fraction of sp³-hybridized carbons (Fsp3) is 0.444. The van der Waals surface area contributed by atoms with E-state index in [1.807, 2.05) is 0 Å². The molecule has 1 saturated heterocycles. The summed E-state index contributed by atoms with van der Waals surface area (Å²) in [5, 5.41) is 5.56. The Labute approximate surface area is 200 Å². The Kier molecular flexibility index (Phi) is 6.83. The minimum Gasteiger partial charge on any atom is -0.490 e. The number of fused-ring (bicyclic) bond motifs is 1. The van der Waals surface area contributed by atoms with Gasteiger partial charge in [-0.1, -0.05) is 25.5 Å². The molecule has 5 nitrogen and oxygen atoms in total. The predicted octanol–water partition coefficient (Wildman–Crippen LogP) is 5.82. The Balaban J connectivity index is 1.28. The second-order valence-corrected chi connectivity index (χ2v) is 10.0. The zero-order valence-corrected chi connectivity index (χ0v) is 20.5. The van der Waals surface area contributed by atoms with Crippen molar-refractivity contribution >= 4 is 21.6 Å². The molecule has 174 valence electrons. The highest BCUT2D eigenvalue weighted by Crippen LogP contribution is 2.30. The van der Waals surface area contributed by atoms with E-state index in [0.29, 0.717) is 6.10 Å². The summed E-state index contributed by atoms with van der Waals surface area (Å²) in [4.78, 5) is 5.03. The van der Waals surface area contributed by atoms with E-state index in [0.717, 1.165) is 69.7 Å². The predicted molar refractivity (Wildman–Crippen MR) is 137 cm³/mol. The minimum atomic E-state index is 0.340. The highest BCUT2D eigenvalue weighted by atomic mass is 32.1. The van der Waals surface area contributed by atoms with Crippen LogP contribution in [-0.2, 0) is 26.4 Å². The molecule has 0 saturated carbocycles. The van der Waals surface area contributed by atoms with Crippen LogP contribution in [-0.4, -0.2) is 33.3 Å². The lowest BCUT2D eigenvalue weighted by Crippen LogP contribution is -2.34. The van der Waals surface area contributed by atoms with Gasteiger partial charge in [-0.2, -0.15) is 0 Å². The molecule has 1 fully saturated rings. The third-order valence-electron chi connectivity index (χ3n) is 6.58. The maximum atomic E-state index is 6.25. The first-order valence-electron chi connectivity index (χ1n) is 12.3. The van der Waals surface area contributed by atoms with Crippen LogP contribution >= 0.6 is 11.3 Å². The number of piperidine rings is 1. The van der Waals surface area contributed by atoms with E-state index in [1.165, 1.54) is 27.2 Å². The SMILES string of the molecule is CCCc1cn(CCCc2cccc(OC3CCNCC3)c2)c(-c2cc3sccc3n2C)n1. The van der Waals surface area contributed by atoms with Gasteiger partial charge in [0.1, 0.15) is 11.9 Å². The molecular formula is C27H34N4OS. The van der Waals surface area contributed by atoms with Crippen molar-refractivity contribution in [3.05, 3.63) is 59.2 Å². The van der Waals surface area contributed by atoms with E-state index in [2.05, 4.69) is 76.4 Å². The van der Waals surface area contributed by atoms with Crippen molar-refractivity contribution in [1.29, 1.82) is 0 Å². The summed E-state index contributed by atoms with van der Waals surface area (Å²) in [6.45, 7) is 5.29. The van der Waals surface area contributed by atoms with Crippen molar-refractivity contribution in [1.82, 2.24) is 19.4 Å². The molecule has 33 heavy (non-hydrogen) atoms. The van der Waals surface area contributed by atoms with Gasteiger partial charge in [-0.3, -0.25) is 0 Å². The number of thiophene rings is 1. The lowest BCUT2D eigenvalue weighted by molar-refractivity contribution is 0.162. The van der Waals surface area contributed by atoms with Crippen LogP contribution in [0, 0.1) is 0 Å². The average molecular weight is 463 g/mol. The maximum absolute atomic E-state index is 6.25. The molecule has 5 rings (SSSR count). The fourth-order valence-electron chi connectivity index (χ4n) is 4.82. The van der Waals surface area contributed by atoms with Crippen LogP contribution in [0.3, 0.4) is 0 Å². The second kappa shape index (κ2) is 10.1. The largest absolute Gasteiger partial charge is 0.490 e. The fourth-order valence-corrected chi connectivity index (χ4v) is 5.67. The molecule has 1 aliphatic rings. The van der Waals surface area contributed by atoms with Gasteiger partial charge in [-0.25, -0.2) is 4.98 Å². The number of nitrogens with one attached hydrogen (secondary N) is 1. The van der Waals surface area contributed by atoms with Crippen molar-refractivity contribution in [3.63, 3.8) is 0 Å². The van der Waals surface area contributed by atoms with Crippen LogP contribution in [0.5, 0.6) is 5.75 Å². The van der Waals surface area contributed by atoms with E-state index >= 15 is 0 Å². The molecule has 0 aliphatic carbocycles. The zero-order chi connectivity index (χ0) is 22.6. The van der Waals surface area contributed by atoms with Crippen LogP contribution in [0.1, 0.15) is 43.9 Å². The summed E-state index contributed by atoms with van der Waals surface area (Å²) in [6.07, 6.45) is 9.02. The Bertz CT molecular complexity index is 1200. The lowest BCUT2D eigenvalue weighted by Gasteiger charge is -2.24. The average Bonchev–Trinajstić information content (AvgIpc) is 3.52. The highest BCUT2D eigenvalue weighted by Gasteiger charge is 2.17. The van der Waals surface area contributed by atoms with Gasteiger partial charge in [0, 0.05) is 19.8 Å². The van der Waals surface area contributed by atoms with E-state index < -0.39 is 0 Å². The Morgan fingerprint density at radius 3 is 2.85 bits per heavy atom. The topological polar surface area (TPSA) is 44.0 Å². The van der Waals surface area contributed by atoms with Gasteiger partial charge < -0.3 is 19.2 Å². The van der Waals surface area contributed by atoms with E-state index in [4.69, 9.17) is 9.72 Å². The van der Waals surface area contributed by atoms with Gasteiger partial charge in [0.15, 0.2) is 5.82 Å². The van der Waals surface area contributed by atoms with E-state index in [9.17, 15) is 0 Å². The summed E-state index contributed by atoms with van der Waals surface area (Å²) in [7, 11) is 2.15. The molecule has 0 unspecified atom stereocenters. The van der Waals surface area contributed by atoms with Crippen molar-refractivity contribution in [2.24, 2.45) is 7.05 Å². The van der Waals surface area contributed by atoms with Crippen LogP contribution in [0.4, 0.5) is 0 Å². The summed E-state index contributed by atoms with van der Waals surface area (Å²) in [6, 6.07) is 13.2. The molecule has 0 bridgehead atoms. The normalized spacial score (nSPS) is 14.8. The molecule has 6 heteroatoms. The van der Waals surface area contributed by atoms with Crippen LogP contribution in [0.25, 0.3) is 21.7 Å². The third-order valence-corrected chi connectivity index (χ3v) is 7.43. The molecule has 1 N–H and O–H groups in total. The highest BCUT2D eigenvalue weighted by molar-refractivity contribution is 7.17. The molecule has 0 amide bonds. The smallest absolute Gasteiger partial charge is 0.156 e. The Morgan fingerprint density at radius 1 is 1.15 bits per heavy atom. The minimum absolute atomic E-state index is 0.340. The monoisotopic (exact) mass is 462 g/mol. The number of hydrogen-bond donors (Lipinski definition) is 1. The van der Waals surface area contributed by atoms with Gasteiger partial charge in [-0.15, -0.1) is 11.3 Å². The summed E-state index contributed by atoms with van der Waals surface area (Å²) >= 11 is 1.80. The van der Waals surface area contributed by atoms with Gasteiger partial charge in [-0.05, 0) is 80.4 Å². The molecule has 0 atom stereocenters. The number of rotatable bonds is 9. The number of aromatic nitrogens is 3. The third kappa shape index (κ3) is 5.02. The van der Waals surface area contributed by atoms with Gasteiger partial charge in [0.2, 0.25) is 0 Å². The number of imidazole rings is 1. The van der Waals surface area contributed by atoms with Crippen molar-refractivity contribution in [3.8, 4) is 17.3 Å². The molecule has 1 aromatic carbocycles. The molecule has 4 aromatic rings. The molecular weight excluding hydrogens is 428 g/mol. The van der Waals surface area contributed by atoms with Crippen LogP contribution in [0.15, 0.2) is 48.0 Å². The molecule has 3 aromatic heterocycles. The van der Waals surface area contributed by atoms with E-state index in [-0.39, 0.29) is 0 Å². The summed E-state index contributed by atoms with van der Waals surface area (Å²) in [5.41, 5.74) is 5.02. The number of ether oxygens (including phenoxy) is 1. The number of benzene rings is 1. The molecule has 0 radical (unpaired) electrons. The first-order chi connectivity index (χ1) is 16.2. The zero-order valence-electron chi connectivity index (χ0n) is 19.7. The Morgan fingerprint density at radius 2 is 2.03 bits per heavy atom. The van der Waals surface area contributed by atoms with Crippen LogP contribution in [0.2, 0.25) is 0 Å². The summed E-state index contributed by atoms with van der Waals surface area (Å²) in [5.74, 6) is 2.10. The van der Waals surface area contributed by atoms with Crippen molar-refractivity contribution in [2.45, 2.75) is 58.1 Å². The van der Waals surface area contributed by atoms with Crippen molar-refractivity contribution in [2.75, 3.05) is 13.1 Å². The van der Waals surface area contributed by atoms with E-state index in [1.54, 1.807) is 11.3 Å². The maximum Gasteiger partial charge on any atom is 0.156 e. The molecule has 1 aliphatic heterocycles. The van der Waals surface area contributed by atoms with Gasteiger partial charge in [0.05, 0.1) is 21.6 Å². The second-order valence-electron chi connectivity index (χ2n) is 9.08. The van der Waals surface area contributed by atoms with Gasteiger partial charge in [0.25, 0.3) is 0 Å². The number of aryl methyl sites for hydroxylation is 4. The first-order valence-corrected chi connectivity index (χ1v) is 13.1. The Hall–Kier alpha value is -2.57. The number of nitrogens with zero attached hydrogens (tertiary/aromatic N) is 3. The van der Waals surface area contributed by atoms with Gasteiger partial charge >= 0.3 is 0 Å². The quantitative estimate of drug-likeness (QED) is 0.341. The molecule has 4 heterocycles. The number of hydrogen-bond acceptors (Lipinski definition) is 4. The lowest BCUT2D eigenvalue weighted by atomic mass is 10.1. The standard InChI is InChI=1S/C27H34N4OS/c1-3-6-21-19-31(27(29-21)25-18-26-24(30(25)2)12-16-33-26)15-5-8-20-7-4-9-23(17-20)32-22-10-13-28-14-11-22/h4,7,9,12,16-19,22,28H,3,5-6,8,10-11,13-15H2,1-2H3. The first kappa shape index (κ1) is 22.2.